The standard InChI is InChI=1S/C13H19N5O3/c1-10(9-11(19)20)16-13(21)18-7-5-17(6-8-18)12-14-3-2-4-15-12/h2-4,10H,5-9H2,1H3,(H,16,21)(H,19,20). The highest BCUT2D eigenvalue weighted by Gasteiger charge is 2.23. The lowest BCUT2D eigenvalue weighted by atomic mass is 10.2. The molecular weight excluding hydrogens is 274 g/mol. The predicted octanol–water partition coefficient (Wildman–Crippen LogP) is 0.171. The summed E-state index contributed by atoms with van der Waals surface area (Å²) < 4.78 is 0. The summed E-state index contributed by atoms with van der Waals surface area (Å²) in [7, 11) is 0. The van der Waals surface area contributed by atoms with E-state index in [1.54, 1.807) is 30.3 Å². The summed E-state index contributed by atoms with van der Waals surface area (Å²) in [6.07, 6.45) is 3.30. The molecule has 21 heavy (non-hydrogen) atoms. The molecule has 0 radical (unpaired) electrons. The third-order valence-corrected chi connectivity index (χ3v) is 3.25. The number of nitrogens with zero attached hydrogens (tertiary/aromatic N) is 4. The van der Waals surface area contributed by atoms with Gasteiger partial charge in [-0.1, -0.05) is 0 Å². The summed E-state index contributed by atoms with van der Waals surface area (Å²) in [6.45, 7) is 4.11. The maximum Gasteiger partial charge on any atom is 0.317 e. The van der Waals surface area contributed by atoms with Gasteiger partial charge in [0.25, 0.3) is 0 Å². The molecule has 1 atom stereocenters. The lowest BCUT2D eigenvalue weighted by Gasteiger charge is -2.35. The van der Waals surface area contributed by atoms with Crippen molar-refractivity contribution in [3.05, 3.63) is 18.5 Å². The predicted molar refractivity (Wildman–Crippen MR) is 76.1 cm³/mol. The average Bonchev–Trinajstić information content (AvgIpc) is 2.47. The highest BCUT2D eigenvalue weighted by Crippen LogP contribution is 2.09. The van der Waals surface area contributed by atoms with Gasteiger partial charge in [0.2, 0.25) is 5.95 Å². The number of carbonyl (C=O) groups excluding carboxylic acids is 1. The van der Waals surface area contributed by atoms with E-state index in [9.17, 15) is 9.59 Å². The molecule has 0 aliphatic carbocycles. The van der Waals surface area contributed by atoms with E-state index in [0.29, 0.717) is 32.1 Å². The first-order valence-electron chi connectivity index (χ1n) is 6.85. The molecule has 1 saturated heterocycles. The van der Waals surface area contributed by atoms with E-state index < -0.39 is 5.97 Å². The summed E-state index contributed by atoms with van der Waals surface area (Å²) in [6, 6.07) is 1.15. The molecular formula is C13H19N5O3. The van der Waals surface area contributed by atoms with Crippen LogP contribution in [0.25, 0.3) is 0 Å². The fraction of sp³-hybridized carbons (Fsp3) is 0.538. The lowest BCUT2D eigenvalue weighted by Crippen LogP contribution is -2.53. The van der Waals surface area contributed by atoms with Crippen LogP contribution in [0.4, 0.5) is 10.7 Å². The molecule has 0 saturated carbocycles. The van der Waals surface area contributed by atoms with Gasteiger partial charge in [-0.05, 0) is 13.0 Å². The van der Waals surface area contributed by atoms with Crippen molar-refractivity contribution in [1.82, 2.24) is 20.2 Å². The number of carboxylic acids is 1. The Morgan fingerprint density at radius 1 is 1.29 bits per heavy atom. The van der Waals surface area contributed by atoms with Gasteiger partial charge < -0.3 is 20.2 Å². The smallest absolute Gasteiger partial charge is 0.317 e. The van der Waals surface area contributed by atoms with Crippen LogP contribution in [0.2, 0.25) is 0 Å². The van der Waals surface area contributed by atoms with E-state index in [1.165, 1.54) is 0 Å². The quantitative estimate of drug-likeness (QED) is 0.821. The molecule has 2 heterocycles. The zero-order valence-corrected chi connectivity index (χ0v) is 11.9. The summed E-state index contributed by atoms with van der Waals surface area (Å²) in [5.41, 5.74) is 0. The first-order chi connectivity index (χ1) is 10.1. The van der Waals surface area contributed by atoms with Gasteiger partial charge in [0.15, 0.2) is 0 Å². The van der Waals surface area contributed by atoms with E-state index in [1.807, 2.05) is 4.90 Å². The minimum Gasteiger partial charge on any atom is -0.481 e. The van der Waals surface area contributed by atoms with E-state index in [0.717, 1.165) is 0 Å². The number of aliphatic carboxylic acids is 1. The van der Waals surface area contributed by atoms with Gasteiger partial charge in [-0.25, -0.2) is 14.8 Å². The molecule has 114 valence electrons. The largest absolute Gasteiger partial charge is 0.481 e. The molecule has 0 bridgehead atoms. The molecule has 0 aromatic carbocycles. The Kier molecular flexibility index (Phi) is 4.91. The molecule has 1 aliphatic heterocycles. The topological polar surface area (TPSA) is 98.7 Å². The van der Waals surface area contributed by atoms with E-state index in [2.05, 4.69) is 15.3 Å². The fourth-order valence-corrected chi connectivity index (χ4v) is 2.18. The minimum atomic E-state index is -0.922. The van der Waals surface area contributed by atoms with Gasteiger partial charge in [0.1, 0.15) is 0 Å². The number of hydrogen-bond acceptors (Lipinski definition) is 5. The maximum absolute atomic E-state index is 12.0. The zero-order chi connectivity index (χ0) is 15.2. The number of aromatic nitrogens is 2. The van der Waals surface area contributed by atoms with Crippen molar-refractivity contribution in [3.8, 4) is 0 Å². The second-order valence-corrected chi connectivity index (χ2v) is 4.97. The molecule has 8 nitrogen and oxygen atoms in total. The second-order valence-electron chi connectivity index (χ2n) is 4.97. The molecule has 2 N–H and O–H groups in total. The summed E-state index contributed by atoms with van der Waals surface area (Å²) in [5, 5.41) is 11.4. The number of urea groups is 1. The molecule has 1 fully saturated rings. The van der Waals surface area contributed by atoms with Crippen LogP contribution in [0.1, 0.15) is 13.3 Å². The van der Waals surface area contributed by atoms with E-state index in [-0.39, 0.29) is 18.5 Å². The first-order valence-corrected chi connectivity index (χ1v) is 6.85. The van der Waals surface area contributed by atoms with Gasteiger partial charge in [-0.3, -0.25) is 4.79 Å². The van der Waals surface area contributed by atoms with Crippen molar-refractivity contribution >= 4 is 17.9 Å². The fourth-order valence-electron chi connectivity index (χ4n) is 2.18. The minimum absolute atomic E-state index is 0.0798. The number of hydrogen-bond donors (Lipinski definition) is 2. The monoisotopic (exact) mass is 293 g/mol. The highest BCUT2D eigenvalue weighted by atomic mass is 16.4. The normalized spacial score (nSPS) is 16.4. The average molecular weight is 293 g/mol. The van der Waals surface area contributed by atoms with Gasteiger partial charge in [-0.2, -0.15) is 0 Å². The van der Waals surface area contributed by atoms with Crippen LogP contribution in [0.15, 0.2) is 18.5 Å². The van der Waals surface area contributed by atoms with Crippen molar-refractivity contribution in [2.24, 2.45) is 0 Å². The molecule has 1 aliphatic rings. The van der Waals surface area contributed by atoms with E-state index in [4.69, 9.17) is 5.11 Å². The van der Waals surface area contributed by atoms with Crippen LogP contribution in [0, 0.1) is 0 Å². The van der Waals surface area contributed by atoms with Gasteiger partial charge in [-0.15, -0.1) is 0 Å². The summed E-state index contributed by atoms with van der Waals surface area (Å²) in [4.78, 5) is 34.7. The Bertz CT molecular complexity index is 488. The molecule has 1 aromatic heterocycles. The third-order valence-electron chi connectivity index (χ3n) is 3.25. The lowest BCUT2D eigenvalue weighted by molar-refractivity contribution is -0.137. The number of piperazine rings is 1. The van der Waals surface area contributed by atoms with Gasteiger partial charge >= 0.3 is 12.0 Å². The van der Waals surface area contributed by atoms with Crippen molar-refractivity contribution in [2.45, 2.75) is 19.4 Å². The van der Waals surface area contributed by atoms with Crippen molar-refractivity contribution in [1.29, 1.82) is 0 Å². The van der Waals surface area contributed by atoms with Gasteiger partial charge in [0.05, 0.1) is 6.42 Å². The number of anilines is 1. The second kappa shape index (κ2) is 6.87. The molecule has 8 heteroatoms. The van der Waals surface area contributed by atoms with Crippen molar-refractivity contribution in [3.63, 3.8) is 0 Å². The highest BCUT2D eigenvalue weighted by molar-refractivity contribution is 5.76. The van der Waals surface area contributed by atoms with Crippen LogP contribution in [-0.4, -0.2) is 64.2 Å². The Morgan fingerprint density at radius 2 is 1.90 bits per heavy atom. The maximum atomic E-state index is 12.0. The Hall–Kier alpha value is -2.38. The SMILES string of the molecule is CC(CC(=O)O)NC(=O)N1CCN(c2ncccn2)CC1. The van der Waals surface area contributed by atoms with Crippen LogP contribution < -0.4 is 10.2 Å². The zero-order valence-electron chi connectivity index (χ0n) is 11.9. The summed E-state index contributed by atoms with van der Waals surface area (Å²) >= 11 is 0. The summed E-state index contributed by atoms with van der Waals surface area (Å²) in [5.74, 6) is -0.259. The molecule has 2 amide bonds. The van der Waals surface area contributed by atoms with Gasteiger partial charge in [0, 0.05) is 44.6 Å². The van der Waals surface area contributed by atoms with Crippen molar-refractivity contribution in [2.75, 3.05) is 31.1 Å². The Balaban J connectivity index is 1.81. The molecule has 1 aromatic rings. The van der Waals surface area contributed by atoms with E-state index >= 15 is 0 Å². The number of amides is 2. The number of rotatable bonds is 4. The van der Waals surface area contributed by atoms with Crippen LogP contribution in [0.5, 0.6) is 0 Å². The number of carboxylic acid groups (broad SMARTS) is 1. The molecule has 1 unspecified atom stereocenters. The number of nitrogens with one attached hydrogen (secondary N) is 1. The third kappa shape index (κ3) is 4.30. The van der Waals surface area contributed by atoms with Crippen molar-refractivity contribution < 1.29 is 14.7 Å². The Morgan fingerprint density at radius 3 is 2.48 bits per heavy atom. The molecule has 2 rings (SSSR count). The first kappa shape index (κ1) is 15.0. The Labute approximate surface area is 122 Å². The van der Waals surface area contributed by atoms with Crippen LogP contribution in [0.3, 0.4) is 0 Å². The van der Waals surface area contributed by atoms with Crippen LogP contribution >= 0.6 is 0 Å². The van der Waals surface area contributed by atoms with Crippen LogP contribution in [-0.2, 0) is 4.79 Å². The molecule has 0 spiro atoms. The number of carbonyl (C=O) groups is 2.